The molecule has 2 rings (SSSR count). The molecule has 0 aromatic heterocycles. The third-order valence-electron chi connectivity index (χ3n) is 3.16. The molecule has 0 aliphatic heterocycles. The van der Waals surface area contributed by atoms with E-state index in [1.54, 1.807) is 24.3 Å². The van der Waals surface area contributed by atoms with Gasteiger partial charge in [-0.3, -0.25) is 4.79 Å². The van der Waals surface area contributed by atoms with E-state index in [1.807, 2.05) is 19.9 Å². The first-order chi connectivity index (χ1) is 10.9. The zero-order valence-electron chi connectivity index (χ0n) is 13.1. The Labute approximate surface area is 145 Å². The zero-order valence-corrected chi connectivity index (χ0v) is 14.6. The monoisotopic (exact) mass is 353 g/mol. The number of hydrogen-bond acceptors (Lipinski definition) is 3. The molecule has 2 aromatic rings. The molecule has 6 heteroatoms. The number of hydrogen-bond donors (Lipinski definition) is 1. The molecular formula is C17H17Cl2NO3. The summed E-state index contributed by atoms with van der Waals surface area (Å²) < 4.78 is 10.6. The van der Waals surface area contributed by atoms with Gasteiger partial charge in [0.2, 0.25) is 0 Å². The standard InChI is InChI=1S/C17H17Cl2NO3/c1-10-6-11(2)17(14(19)7-10)23-9-16(21)20-12-4-5-15(22-3)13(18)8-12/h4-8H,9H2,1-3H3,(H,20,21). The Hall–Kier alpha value is -1.91. The fourth-order valence-electron chi connectivity index (χ4n) is 2.16. The largest absolute Gasteiger partial charge is 0.495 e. The van der Waals surface area contributed by atoms with Crippen molar-refractivity contribution in [3.8, 4) is 11.5 Å². The molecule has 0 heterocycles. The van der Waals surface area contributed by atoms with Crippen molar-refractivity contribution in [1.29, 1.82) is 0 Å². The minimum Gasteiger partial charge on any atom is -0.495 e. The van der Waals surface area contributed by atoms with Crippen molar-refractivity contribution in [1.82, 2.24) is 0 Å². The Kier molecular flexibility index (Phi) is 5.74. The fraction of sp³-hybridized carbons (Fsp3) is 0.235. The first-order valence-corrected chi connectivity index (χ1v) is 7.69. The Morgan fingerprint density at radius 3 is 2.48 bits per heavy atom. The predicted octanol–water partition coefficient (Wildman–Crippen LogP) is 4.64. The highest BCUT2D eigenvalue weighted by atomic mass is 35.5. The van der Waals surface area contributed by atoms with Crippen molar-refractivity contribution >= 4 is 34.8 Å². The second kappa shape index (κ2) is 7.57. The van der Waals surface area contributed by atoms with E-state index in [1.165, 1.54) is 7.11 Å². The first kappa shape index (κ1) is 17.4. The minimum atomic E-state index is -0.303. The molecule has 0 aliphatic rings. The van der Waals surface area contributed by atoms with Gasteiger partial charge in [-0.1, -0.05) is 29.3 Å². The summed E-state index contributed by atoms with van der Waals surface area (Å²) in [5.74, 6) is 0.755. The van der Waals surface area contributed by atoms with Gasteiger partial charge in [-0.05, 0) is 49.2 Å². The zero-order chi connectivity index (χ0) is 17.0. The van der Waals surface area contributed by atoms with E-state index in [2.05, 4.69) is 5.32 Å². The van der Waals surface area contributed by atoms with Crippen LogP contribution in [0.4, 0.5) is 5.69 Å². The van der Waals surface area contributed by atoms with Crippen LogP contribution in [0.25, 0.3) is 0 Å². The summed E-state index contributed by atoms with van der Waals surface area (Å²) in [6.07, 6.45) is 0. The van der Waals surface area contributed by atoms with Gasteiger partial charge < -0.3 is 14.8 Å². The van der Waals surface area contributed by atoms with Crippen LogP contribution in [0.15, 0.2) is 30.3 Å². The number of carbonyl (C=O) groups excluding carboxylic acids is 1. The molecule has 4 nitrogen and oxygen atoms in total. The van der Waals surface area contributed by atoms with Gasteiger partial charge in [0, 0.05) is 5.69 Å². The molecule has 0 bridgehead atoms. The average Bonchev–Trinajstić information content (AvgIpc) is 2.46. The van der Waals surface area contributed by atoms with Crippen molar-refractivity contribution in [2.45, 2.75) is 13.8 Å². The van der Waals surface area contributed by atoms with Crippen molar-refractivity contribution in [2.24, 2.45) is 0 Å². The van der Waals surface area contributed by atoms with Crippen LogP contribution in [0.1, 0.15) is 11.1 Å². The SMILES string of the molecule is COc1ccc(NC(=O)COc2c(C)cc(C)cc2Cl)cc1Cl. The smallest absolute Gasteiger partial charge is 0.262 e. The fourth-order valence-corrected chi connectivity index (χ4v) is 2.80. The van der Waals surface area contributed by atoms with E-state index in [9.17, 15) is 4.79 Å². The number of carbonyl (C=O) groups is 1. The summed E-state index contributed by atoms with van der Waals surface area (Å²) in [7, 11) is 1.53. The molecule has 122 valence electrons. The highest BCUT2D eigenvalue weighted by Gasteiger charge is 2.10. The van der Waals surface area contributed by atoms with Crippen LogP contribution < -0.4 is 14.8 Å². The highest BCUT2D eigenvalue weighted by molar-refractivity contribution is 6.32. The Bertz CT molecular complexity index is 709. The summed E-state index contributed by atoms with van der Waals surface area (Å²) >= 11 is 12.2. The van der Waals surface area contributed by atoms with Crippen molar-refractivity contribution < 1.29 is 14.3 Å². The molecule has 1 amide bonds. The maximum absolute atomic E-state index is 12.0. The highest BCUT2D eigenvalue weighted by Crippen LogP contribution is 2.30. The molecule has 2 aromatic carbocycles. The molecule has 0 aliphatic carbocycles. The molecule has 0 radical (unpaired) electrons. The number of amides is 1. The van der Waals surface area contributed by atoms with Gasteiger partial charge in [0.05, 0.1) is 17.2 Å². The third kappa shape index (κ3) is 4.53. The topological polar surface area (TPSA) is 47.6 Å². The lowest BCUT2D eigenvalue weighted by molar-refractivity contribution is -0.118. The molecule has 1 N–H and O–H groups in total. The minimum absolute atomic E-state index is 0.146. The lowest BCUT2D eigenvalue weighted by Gasteiger charge is -2.12. The normalized spacial score (nSPS) is 10.3. The van der Waals surface area contributed by atoms with Gasteiger partial charge in [-0.15, -0.1) is 0 Å². The number of aryl methyl sites for hydroxylation is 2. The van der Waals surface area contributed by atoms with Crippen molar-refractivity contribution in [3.63, 3.8) is 0 Å². The lowest BCUT2D eigenvalue weighted by atomic mass is 10.1. The summed E-state index contributed by atoms with van der Waals surface area (Å²) in [4.78, 5) is 12.0. The van der Waals surface area contributed by atoms with Crippen LogP contribution in [-0.2, 0) is 4.79 Å². The van der Waals surface area contributed by atoms with Gasteiger partial charge in [0.25, 0.3) is 5.91 Å². The van der Waals surface area contributed by atoms with E-state index in [0.717, 1.165) is 11.1 Å². The number of methoxy groups -OCH3 is 1. The number of anilines is 1. The van der Waals surface area contributed by atoms with Crippen LogP contribution in [0.3, 0.4) is 0 Å². The summed E-state index contributed by atoms with van der Waals surface area (Å²) in [5.41, 5.74) is 2.49. The summed E-state index contributed by atoms with van der Waals surface area (Å²) in [5, 5.41) is 3.62. The van der Waals surface area contributed by atoms with Crippen molar-refractivity contribution in [2.75, 3.05) is 19.0 Å². The van der Waals surface area contributed by atoms with E-state index >= 15 is 0 Å². The van der Waals surface area contributed by atoms with Crippen LogP contribution in [0, 0.1) is 13.8 Å². The second-order valence-electron chi connectivity index (χ2n) is 5.08. The second-order valence-corrected chi connectivity index (χ2v) is 5.89. The molecule has 0 saturated heterocycles. The Balaban J connectivity index is 1.99. The lowest BCUT2D eigenvalue weighted by Crippen LogP contribution is -2.20. The molecule has 0 spiro atoms. The van der Waals surface area contributed by atoms with Gasteiger partial charge in [-0.2, -0.15) is 0 Å². The molecular weight excluding hydrogens is 337 g/mol. The van der Waals surface area contributed by atoms with Gasteiger partial charge in [0.1, 0.15) is 11.5 Å². The Morgan fingerprint density at radius 1 is 1.13 bits per heavy atom. The number of nitrogens with one attached hydrogen (secondary N) is 1. The van der Waals surface area contributed by atoms with Gasteiger partial charge in [-0.25, -0.2) is 0 Å². The molecule has 0 saturated carbocycles. The Morgan fingerprint density at radius 2 is 1.87 bits per heavy atom. The predicted molar refractivity (Wildman–Crippen MR) is 93.1 cm³/mol. The number of benzene rings is 2. The van der Waals surface area contributed by atoms with Crippen LogP contribution in [0.2, 0.25) is 10.0 Å². The maximum atomic E-state index is 12.0. The summed E-state index contributed by atoms with van der Waals surface area (Å²) in [6.45, 7) is 3.69. The third-order valence-corrected chi connectivity index (χ3v) is 3.73. The number of ether oxygens (including phenoxy) is 2. The number of halogens is 2. The van der Waals surface area contributed by atoms with E-state index in [-0.39, 0.29) is 12.5 Å². The van der Waals surface area contributed by atoms with Crippen LogP contribution >= 0.6 is 23.2 Å². The molecule has 0 fully saturated rings. The quantitative estimate of drug-likeness (QED) is 0.851. The van der Waals surface area contributed by atoms with E-state index in [4.69, 9.17) is 32.7 Å². The summed E-state index contributed by atoms with van der Waals surface area (Å²) in [6, 6.07) is 8.74. The van der Waals surface area contributed by atoms with Crippen LogP contribution in [-0.4, -0.2) is 19.6 Å². The van der Waals surface area contributed by atoms with Crippen molar-refractivity contribution in [3.05, 3.63) is 51.5 Å². The maximum Gasteiger partial charge on any atom is 0.262 e. The molecule has 0 unspecified atom stereocenters. The first-order valence-electron chi connectivity index (χ1n) is 6.93. The molecule has 23 heavy (non-hydrogen) atoms. The molecule has 0 atom stereocenters. The van der Waals surface area contributed by atoms with E-state index in [0.29, 0.717) is 27.2 Å². The van der Waals surface area contributed by atoms with E-state index < -0.39 is 0 Å². The van der Waals surface area contributed by atoms with Gasteiger partial charge in [0.15, 0.2) is 6.61 Å². The van der Waals surface area contributed by atoms with Gasteiger partial charge >= 0.3 is 0 Å². The van der Waals surface area contributed by atoms with Crippen LogP contribution in [0.5, 0.6) is 11.5 Å². The number of rotatable bonds is 5. The average molecular weight is 354 g/mol.